The molecule has 0 aliphatic carbocycles. The third-order valence-electron chi connectivity index (χ3n) is 3.81. The summed E-state index contributed by atoms with van der Waals surface area (Å²) >= 11 is 0. The smallest absolute Gasteiger partial charge is 0.344 e. The summed E-state index contributed by atoms with van der Waals surface area (Å²) in [6.07, 6.45) is 5.79. The van der Waals surface area contributed by atoms with Crippen LogP contribution in [0, 0.1) is 0 Å². The van der Waals surface area contributed by atoms with E-state index in [9.17, 15) is 9.90 Å². The molecule has 0 saturated heterocycles. The number of benzene rings is 2. The summed E-state index contributed by atoms with van der Waals surface area (Å²) in [5.41, 5.74) is 2.57. The van der Waals surface area contributed by atoms with Crippen LogP contribution in [0.4, 0.5) is 0 Å². The molecule has 122 valence electrons. The number of aromatic hydroxyl groups is 1. The summed E-state index contributed by atoms with van der Waals surface area (Å²) in [4.78, 5) is 14.4. The first-order valence-corrected chi connectivity index (χ1v) is 7.97. The molecule has 0 spiro atoms. The molecule has 0 radical (unpaired) electrons. The zero-order valence-corrected chi connectivity index (χ0v) is 13.5. The summed E-state index contributed by atoms with van der Waals surface area (Å²) in [6.45, 7) is 2.10. The Bertz CT molecular complexity index is 893. The van der Waals surface area contributed by atoms with Gasteiger partial charge in [-0.15, -0.1) is 0 Å². The third-order valence-corrected chi connectivity index (χ3v) is 3.81. The highest BCUT2D eigenvalue weighted by Gasteiger charge is 2.24. The lowest BCUT2D eigenvalue weighted by atomic mass is 10.1. The van der Waals surface area contributed by atoms with E-state index in [0.717, 1.165) is 29.3 Å². The number of rotatable bonds is 2. The SMILES string of the molecule is CCCC=C1OC(=O)c2ccccc21.Oc1cccc2[nH]ccc12. The second-order valence-electron chi connectivity index (χ2n) is 5.51. The molecule has 2 aromatic carbocycles. The lowest BCUT2D eigenvalue weighted by molar-refractivity contribution is 0.0715. The molecule has 0 bridgehead atoms. The first-order valence-electron chi connectivity index (χ1n) is 7.97. The van der Waals surface area contributed by atoms with Gasteiger partial charge < -0.3 is 14.8 Å². The number of hydrogen-bond acceptors (Lipinski definition) is 3. The maximum atomic E-state index is 11.4. The summed E-state index contributed by atoms with van der Waals surface area (Å²) < 4.78 is 5.16. The van der Waals surface area contributed by atoms with Crippen molar-refractivity contribution in [2.75, 3.05) is 0 Å². The maximum absolute atomic E-state index is 11.4. The van der Waals surface area contributed by atoms with Crippen LogP contribution in [0.25, 0.3) is 16.7 Å². The van der Waals surface area contributed by atoms with E-state index in [2.05, 4.69) is 11.9 Å². The van der Waals surface area contributed by atoms with E-state index in [1.54, 1.807) is 12.1 Å². The molecule has 0 saturated carbocycles. The number of carbonyl (C=O) groups excluding carboxylic acids is 1. The van der Waals surface area contributed by atoms with Crippen LogP contribution in [0.15, 0.2) is 60.8 Å². The van der Waals surface area contributed by atoms with Crippen molar-refractivity contribution in [2.45, 2.75) is 19.8 Å². The van der Waals surface area contributed by atoms with E-state index in [4.69, 9.17) is 4.74 Å². The second kappa shape index (κ2) is 7.04. The summed E-state index contributed by atoms with van der Waals surface area (Å²) in [7, 11) is 0. The Balaban J connectivity index is 0.000000149. The number of allylic oxidation sites excluding steroid dienone is 1. The Kier molecular flexibility index (Phi) is 4.66. The largest absolute Gasteiger partial charge is 0.507 e. The minimum absolute atomic E-state index is 0.233. The topological polar surface area (TPSA) is 62.3 Å². The fraction of sp³-hybridized carbons (Fsp3) is 0.150. The van der Waals surface area contributed by atoms with Crippen LogP contribution in [0.3, 0.4) is 0 Å². The van der Waals surface area contributed by atoms with Crippen molar-refractivity contribution in [3.05, 3.63) is 71.9 Å². The zero-order valence-electron chi connectivity index (χ0n) is 13.5. The van der Waals surface area contributed by atoms with Crippen LogP contribution in [-0.2, 0) is 4.74 Å². The van der Waals surface area contributed by atoms with Crippen LogP contribution < -0.4 is 0 Å². The van der Waals surface area contributed by atoms with Gasteiger partial charge in [0.1, 0.15) is 11.5 Å². The number of phenols is 1. The predicted octanol–water partition coefficient (Wildman–Crippen LogP) is 4.87. The van der Waals surface area contributed by atoms with Crippen molar-refractivity contribution >= 4 is 22.6 Å². The number of esters is 1. The van der Waals surface area contributed by atoms with Crippen molar-refractivity contribution < 1.29 is 14.6 Å². The van der Waals surface area contributed by atoms with Crippen LogP contribution in [0.2, 0.25) is 0 Å². The van der Waals surface area contributed by atoms with Gasteiger partial charge >= 0.3 is 5.97 Å². The Hall–Kier alpha value is -3.01. The molecule has 4 nitrogen and oxygen atoms in total. The van der Waals surface area contributed by atoms with Gasteiger partial charge in [-0.05, 0) is 36.8 Å². The van der Waals surface area contributed by atoms with Crippen molar-refractivity contribution in [1.82, 2.24) is 4.98 Å². The van der Waals surface area contributed by atoms with Gasteiger partial charge in [0, 0.05) is 22.7 Å². The molecule has 2 heterocycles. The van der Waals surface area contributed by atoms with Crippen LogP contribution in [0.1, 0.15) is 35.7 Å². The van der Waals surface area contributed by atoms with Crippen molar-refractivity contribution in [1.29, 1.82) is 0 Å². The summed E-state index contributed by atoms with van der Waals surface area (Å²) in [5, 5.41) is 10.1. The molecule has 0 atom stereocenters. The Morgan fingerprint density at radius 2 is 1.88 bits per heavy atom. The monoisotopic (exact) mass is 321 g/mol. The zero-order chi connectivity index (χ0) is 16.9. The number of cyclic esters (lactones) is 1. The highest BCUT2D eigenvalue weighted by Crippen LogP contribution is 2.29. The number of aromatic amines is 1. The number of aromatic nitrogens is 1. The Morgan fingerprint density at radius 3 is 2.62 bits per heavy atom. The lowest BCUT2D eigenvalue weighted by Gasteiger charge is -1.96. The number of carbonyl (C=O) groups is 1. The number of fused-ring (bicyclic) bond motifs is 2. The fourth-order valence-electron chi connectivity index (χ4n) is 2.58. The van der Waals surface area contributed by atoms with Crippen LogP contribution in [-0.4, -0.2) is 16.1 Å². The van der Waals surface area contributed by atoms with Crippen LogP contribution in [0.5, 0.6) is 5.75 Å². The average molecular weight is 321 g/mol. The summed E-state index contributed by atoms with van der Waals surface area (Å²) in [5.74, 6) is 0.814. The molecular weight excluding hydrogens is 302 g/mol. The molecule has 0 amide bonds. The molecule has 1 aliphatic heterocycles. The van der Waals surface area contributed by atoms with E-state index in [1.807, 2.05) is 48.7 Å². The number of unbranched alkanes of at least 4 members (excludes halogenated alkanes) is 1. The van der Waals surface area contributed by atoms with E-state index in [1.165, 1.54) is 0 Å². The van der Waals surface area contributed by atoms with Gasteiger partial charge in [-0.3, -0.25) is 0 Å². The molecular formula is C20H19NO3. The highest BCUT2D eigenvalue weighted by atomic mass is 16.5. The van der Waals surface area contributed by atoms with Gasteiger partial charge in [0.2, 0.25) is 0 Å². The van der Waals surface area contributed by atoms with Gasteiger partial charge in [0.25, 0.3) is 0 Å². The minimum atomic E-state index is -0.233. The van der Waals surface area contributed by atoms with Crippen molar-refractivity contribution in [2.24, 2.45) is 0 Å². The van der Waals surface area contributed by atoms with Gasteiger partial charge in [-0.2, -0.15) is 0 Å². The quantitative estimate of drug-likeness (QED) is 0.662. The Labute approximate surface area is 140 Å². The predicted molar refractivity (Wildman–Crippen MR) is 94.7 cm³/mol. The fourth-order valence-corrected chi connectivity index (χ4v) is 2.58. The number of H-pyrrole nitrogens is 1. The first-order chi connectivity index (χ1) is 11.7. The van der Waals surface area contributed by atoms with Crippen LogP contribution >= 0.6 is 0 Å². The molecule has 4 heteroatoms. The standard InChI is InChI=1S/C12H12O2.C8H7NO/c1-2-3-8-11-9-6-4-5-7-10(9)12(13)14-11;10-8-3-1-2-7-6(8)4-5-9-7/h4-8H,2-3H2,1H3;1-5,9-10H. The van der Waals surface area contributed by atoms with E-state index >= 15 is 0 Å². The number of nitrogens with one attached hydrogen (secondary N) is 1. The number of phenolic OH excluding ortho intramolecular Hbond substituents is 1. The molecule has 2 N–H and O–H groups in total. The lowest BCUT2D eigenvalue weighted by Crippen LogP contribution is -1.92. The molecule has 3 aromatic rings. The molecule has 1 aliphatic rings. The molecule has 4 rings (SSSR count). The van der Waals surface area contributed by atoms with Gasteiger partial charge in [-0.25, -0.2) is 4.79 Å². The highest BCUT2D eigenvalue weighted by molar-refractivity contribution is 6.02. The maximum Gasteiger partial charge on any atom is 0.344 e. The molecule has 0 fully saturated rings. The Morgan fingerprint density at radius 1 is 1.08 bits per heavy atom. The average Bonchev–Trinajstić information content (AvgIpc) is 3.20. The van der Waals surface area contributed by atoms with Crippen molar-refractivity contribution in [3.63, 3.8) is 0 Å². The molecule has 24 heavy (non-hydrogen) atoms. The number of ether oxygens (including phenoxy) is 1. The number of hydrogen-bond donors (Lipinski definition) is 2. The van der Waals surface area contributed by atoms with Gasteiger partial charge in [-0.1, -0.05) is 37.6 Å². The van der Waals surface area contributed by atoms with E-state index < -0.39 is 0 Å². The second-order valence-corrected chi connectivity index (χ2v) is 5.51. The van der Waals surface area contributed by atoms with E-state index in [0.29, 0.717) is 17.1 Å². The summed E-state index contributed by atoms with van der Waals surface area (Å²) in [6, 6.07) is 14.7. The third kappa shape index (κ3) is 3.18. The van der Waals surface area contributed by atoms with Gasteiger partial charge in [0.05, 0.1) is 5.56 Å². The molecule has 1 aromatic heterocycles. The van der Waals surface area contributed by atoms with Gasteiger partial charge in [0.15, 0.2) is 0 Å². The molecule has 0 unspecified atom stereocenters. The first kappa shape index (κ1) is 15.9. The normalized spacial score (nSPS) is 14.2. The minimum Gasteiger partial charge on any atom is -0.507 e. The van der Waals surface area contributed by atoms with E-state index in [-0.39, 0.29) is 5.97 Å². The van der Waals surface area contributed by atoms with Crippen molar-refractivity contribution in [3.8, 4) is 5.75 Å².